The summed E-state index contributed by atoms with van der Waals surface area (Å²) in [4.78, 5) is 25.2. The Hall–Kier alpha value is -3.05. The third-order valence-electron chi connectivity index (χ3n) is 4.99. The average molecular weight is 484 g/mol. The van der Waals surface area contributed by atoms with Crippen LogP contribution in [0, 0.1) is 17.6 Å². The fourth-order valence-electron chi connectivity index (χ4n) is 3.16. The molecule has 2 aromatic carbocycles. The molecule has 3 N–H and O–H groups in total. The number of nitrogens with zero attached hydrogens (tertiary/aromatic N) is 1. The Labute approximate surface area is 191 Å². The number of rotatable bonds is 9. The fourth-order valence-corrected chi connectivity index (χ4v) is 4.65. The van der Waals surface area contributed by atoms with Crippen molar-refractivity contribution < 1.29 is 31.9 Å². The molecule has 8 nitrogen and oxygen atoms in total. The van der Waals surface area contributed by atoms with Crippen LogP contribution in [0.3, 0.4) is 0 Å². The lowest BCUT2D eigenvalue weighted by Gasteiger charge is -2.23. The topological polar surface area (TPSA) is 116 Å². The van der Waals surface area contributed by atoms with E-state index in [0.717, 1.165) is 30.3 Å². The second-order valence-corrected chi connectivity index (χ2v) is 9.49. The molecule has 0 saturated heterocycles. The maximum absolute atomic E-state index is 13.9. The Morgan fingerprint density at radius 3 is 2.15 bits per heavy atom. The Bertz CT molecular complexity index is 1110. The molecule has 1 atom stereocenters. The number of hydrogen-bond donors (Lipinski definition) is 3. The van der Waals surface area contributed by atoms with Gasteiger partial charge in [0.05, 0.1) is 10.6 Å². The van der Waals surface area contributed by atoms with Crippen molar-refractivity contribution in [1.29, 1.82) is 0 Å². The SMILES string of the molecule is CCN(CC)S(=O)(=O)c1ccc(O)c(NC(=O)[C@@H](NC(=O)c2c(F)cccc2F)C(C)C)c1. The molecular formula is C22H27F2N3O5S. The molecule has 2 amide bonds. The average Bonchev–Trinajstić information content (AvgIpc) is 2.73. The lowest BCUT2D eigenvalue weighted by molar-refractivity contribution is -0.118. The van der Waals surface area contributed by atoms with Crippen LogP contribution in [0.1, 0.15) is 38.1 Å². The monoisotopic (exact) mass is 483 g/mol. The third-order valence-corrected chi connectivity index (χ3v) is 7.04. The molecule has 180 valence electrons. The number of carbonyl (C=O) groups is 2. The summed E-state index contributed by atoms with van der Waals surface area (Å²) in [6, 6.07) is 5.15. The molecular weight excluding hydrogens is 456 g/mol. The van der Waals surface area contributed by atoms with E-state index in [0.29, 0.717) is 0 Å². The zero-order valence-corrected chi connectivity index (χ0v) is 19.5. The summed E-state index contributed by atoms with van der Waals surface area (Å²) < 4.78 is 54.6. The minimum Gasteiger partial charge on any atom is -0.506 e. The van der Waals surface area contributed by atoms with Gasteiger partial charge in [0.15, 0.2) is 0 Å². The Morgan fingerprint density at radius 1 is 1.06 bits per heavy atom. The van der Waals surface area contributed by atoms with E-state index in [9.17, 15) is 31.9 Å². The van der Waals surface area contributed by atoms with E-state index >= 15 is 0 Å². The van der Waals surface area contributed by atoms with Gasteiger partial charge < -0.3 is 15.7 Å². The first kappa shape index (κ1) is 26.2. The van der Waals surface area contributed by atoms with Crippen molar-refractivity contribution in [2.24, 2.45) is 5.92 Å². The summed E-state index contributed by atoms with van der Waals surface area (Å²) in [5.74, 6) is -4.99. The van der Waals surface area contributed by atoms with E-state index in [1.54, 1.807) is 27.7 Å². The molecule has 0 aliphatic heterocycles. The van der Waals surface area contributed by atoms with Crippen molar-refractivity contribution in [1.82, 2.24) is 9.62 Å². The van der Waals surface area contributed by atoms with Crippen LogP contribution in [0.4, 0.5) is 14.5 Å². The van der Waals surface area contributed by atoms with Crippen LogP contribution in [0.5, 0.6) is 5.75 Å². The Balaban J connectivity index is 2.32. The molecule has 0 spiro atoms. The van der Waals surface area contributed by atoms with Gasteiger partial charge in [-0.1, -0.05) is 33.8 Å². The summed E-state index contributed by atoms with van der Waals surface area (Å²) in [5.41, 5.74) is -1.02. The number of sulfonamides is 1. The summed E-state index contributed by atoms with van der Waals surface area (Å²) >= 11 is 0. The van der Waals surface area contributed by atoms with Gasteiger partial charge in [0.2, 0.25) is 15.9 Å². The quantitative estimate of drug-likeness (QED) is 0.474. The second kappa shape index (κ2) is 10.7. The van der Waals surface area contributed by atoms with Crippen molar-refractivity contribution in [3.63, 3.8) is 0 Å². The van der Waals surface area contributed by atoms with E-state index in [1.807, 2.05) is 0 Å². The number of aromatic hydroxyl groups is 1. The molecule has 11 heteroatoms. The van der Waals surface area contributed by atoms with Crippen LogP contribution in [-0.4, -0.2) is 48.8 Å². The highest BCUT2D eigenvalue weighted by atomic mass is 32.2. The first-order valence-corrected chi connectivity index (χ1v) is 11.8. The number of nitrogens with one attached hydrogen (secondary N) is 2. The summed E-state index contributed by atoms with van der Waals surface area (Å²) in [5, 5.41) is 14.8. The number of amides is 2. The van der Waals surface area contributed by atoms with Crippen molar-refractivity contribution in [3.05, 3.63) is 53.6 Å². The molecule has 0 aliphatic carbocycles. The van der Waals surface area contributed by atoms with Gasteiger partial charge >= 0.3 is 0 Å². The zero-order chi connectivity index (χ0) is 24.9. The normalized spacial score (nSPS) is 12.6. The first-order chi connectivity index (χ1) is 15.4. The number of hydrogen-bond acceptors (Lipinski definition) is 5. The van der Waals surface area contributed by atoms with Crippen molar-refractivity contribution in [2.75, 3.05) is 18.4 Å². The minimum absolute atomic E-state index is 0.141. The van der Waals surface area contributed by atoms with Crippen LogP contribution in [-0.2, 0) is 14.8 Å². The van der Waals surface area contributed by atoms with E-state index in [2.05, 4.69) is 10.6 Å². The van der Waals surface area contributed by atoms with Crippen LogP contribution in [0.2, 0.25) is 0 Å². The third kappa shape index (κ3) is 5.85. The highest BCUT2D eigenvalue weighted by molar-refractivity contribution is 7.89. The molecule has 0 aromatic heterocycles. The molecule has 0 saturated carbocycles. The maximum atomic E-state index is 13.9. The summed E-state index contributed by atoms with van der Waals surface area (Å²) in [6.45, 7) is 7.02. The highest BCUT2D eigenvalue weighted by Crippen LogP contribution is 2.28. The molecule has 33 heavy (non-hydrogen) atoms. The van der Waals surface area contributed by atoms with Crippen LogP contribution < -0.4 is 10.6 Å². The van der Waals surface area contributed by atoms with Crippen LogP contribution in [0.15, 0.2) is 41.3 Å². The van der Waals surface area contributed by atoms with Gasteiger partial charge in [0.1, 0.15) is 29.0 Å². The van der Waals surface area contributed by atoms with E-state index in [-0.39, 0.29) is 23.7 Å². The Morgan fingerprint density at radius 2 is 1.64 bits per heavy atom. The predicted octanol–water partition coefficient (Wildman–Crippen LogP) is 3.09. The number of carbonyl (C=O) groups excluding carboxylic acids is 2. The predicted molar refractivity (Wildman–Crippen MR) is 119 cm³/mol. The van der Waals surface area contributed by atoms with Crippen LogP contribution in [0.25, 0.3) is 0 Å². The van der Waals surface area contributed by atoms with Gasteiger partial charge in [-0.3, -0.25) is 9.59 Å². The zero-order valence-electron chi connectivity index (χ0n) is 18.7. The van der Waals surface area contributed by atoms with Crippen LogP contribution >= 0.6 is 0 Å². The van der Waals surface area contributed by atoms with Gasteiger partial charge in [-0.15, -0.1) is 0 Å². The molecule has 0 unspecified atom stereocenters. The maximum Gasteiger partial charge on any atom is 0.257 e. The van der Waals surface area contributed by atoms with Crippen molar-refractivity contribution in [3.8, 4) is 5.75 Å². The molecule has 0 aliphatic rings. The smallest absolute Gasteiger partial charge is 0.257 e. The number of benzene rings is 2. The highest BCUT2D eigenvalue weighted by Gasteiger charge is 2.29. The van der Waals surface area contributed by atoms with Gasteiger partial charge in [0.25, 0.3) is 5.91 Å². The van der Waals surface area contributed by atoms with Gasteiger partial charge in [-0.05, 0) is 36.2 Å². The lowest BCUT2D eigenvalue weighted by Crippen LogP contribution is -2.47. The Kier molecular flexibility index (Phi) is 8.51. The fraction of sp³-hybridized carbons (Fsp3) is 0.364. The van der Waals surface area contributed by atoms with Crippen molar-refractivity contribution >= 4 is 27.5 Å². The van der Waals surface area contributed by atoms with Gasteiger partial charge in [-0.25, -0.2) is 17.2 Å². The van der Waals surface area contributed by atoms with Gasteiger partial charge in [0, 0.05) is 13.1 Å². The van der Waals surface area contributed by atoms with E-state index < -0.39 is 56.7 Å². The summed E-state index contributed by atoms with van der Waals surface area (Å²) in [7, 11) is -3.86. The molecule has 0 fully saturated rings. The first-order valence-electron chi connectivity index (χ1n) is 10.3. The number of phenolic OH excluding ortho intramolecular Hbond substituents is 1. The molecule has 0 bridgehead atoms. The molecule has 2 aromatic rings. The van der Waals surface area contributed by atoms with E-state index in [4.69, 9.17) is 0 Å². The standard InChI is InChI=1S/C22H27F2N3O5S/c1-5-27(6-2)33(31,32)14-10-11-18(28)17(12-14)25-22(30)20(13(3)4)26-21(29)19-15(23)8-7-9-16(19)24/h7-13,20,28H,5-6H2,1-4H3,(H,25,30)(H,26,29)/t20-/m0/s1. The number of anilines is 1. The summed E-state index contributed by atoms with van der Waals surface area (Å²) in [6.07, 6.45) is 0. The molecule has 0 radical (unpaired) electrons. The number of halogens is 2. The van der Waals surface area contributed by atoms with Gasteiger partial charge in [-0.2, -0.15) is 4.31 Å². The second-order valence-electron chi connectivity index (χ2n) is 7.55. The molecule has 2 rings (SSSR count). The molecule has 0 heterocycles. The van der Waals surface area contributed by atoms with Crippen molar-refractivity contribution in [2.45, 2.75) is 38.6 Å². The van der Waals surface area contributed by atoms with E-state index in [1.165, 1.54) is 10.4 Å². The minimum atomic E-state index is -3.86. The lowest BCUT2D eigenvalue weighted by atomic mass is 10.0. The number of phenols is 1. The largest absolute Gasteiger partial charge is 0.506 e.